The monoisotopic (exact) mass is 711 g/mol. The number of rotatable bonds is 11. The Bertz CT molecular complexity index is 2330. The number of carboxylic acid groups (broad SMARTS) is 1. The molecule has 4 aromatic rings. The van der Waals surface area contributed by atoms with Crippen LogP contribution in [0.15, 0.2) is 144 Å². The fourth-order valence-electron chi connectivity index (χ4n) is 5.07. The lowest BCUT2D eigenvalue weighted by molar-refractivity contribution is -0.385. The molecule has 12 heteroatoms. The van der Waals surface area contributed by atoms with Crippen molar-refractivity contribution < 1.29 is 24.5 Å². The summed E-state index contributed by atoms with van der Waals surface area (Å²) in [5.74, 6) is -0.853. The summed E-state index contributed by atoms with van der Waals surface area (Å²) in [6, 6.07) is 31.7. The molecule has 4 aromatic carbocycles. The van der Waals surface area contributed by atoms with Crippen LogP contribution in [-0.4, -0.2) is 20.9 Å². The van der Waals surface area contributed by atoms with Crippen molar-refractivity contribution in [1.82, 2.24) is 0 Å². The van der Waals surface area contributed by atoms with Crippen molar-refractivity contribution in [3.8, 4) is 18.2 Å². The molecule has 0 spiro atoms. The summed E-state index contributed by atoms with van der Waals surface area (Å²) < 4.78 is 6.00. The molecular weight excluding hydrogens is 686 g/mol. The molecule has 0 aromatic heterocycles. The highest BCUT2D eigenvalue weighted by Gasteiger charge is 2.17. The number of nitro benzene ring substituents is 2. The standard InChI is InChI=1S/C42H25N5O7/c43-25-35(32-11-15-37(16-12-32)46(50)51)21-30-5-1-28(2-6-30)9-19-39-23-34(41(27-45)42(48)49)24-40(54-39)20-10-29-3-7-31(8-4-29)22-36(26-44)33-13-17-38(18-14-33)47(52)53/h1-24H,(H,48,49)/b19-9+,20-10+,35-21+,36-22+. The zero-order valence-corrected chi connectivity index (χ0v) is 28.0. The van der Waals surface area contributed by atoms with Crippen LogP contribution in [0.2, 0.25) is 0 Å². The van der Waals surface area contributed by atoms with Crippen LogP contribution in [0.3, 0.4) is 0 Å². The molecule has 5 rings (SSSR count). The first-order chi connectivity index (χ1) is 26.1. The number of non-ortho nitro benzene ring substituents is 2. The summed E-state index contributed by atoms with van der Waals surface area (Å²) in [4.78, 5) is 32.7. The molecule has 0 atom stereocenters. The van der Waals surface area contributed by atoms with Crippen LogP contribution in [0.5, 0.6) is 0 Å². The van der Waals surface area contributed by atoms with E-state index in [1.807, 2.05) is 0 Å². The molecule has 54 heavy (non-hydrogen) atoms. The van der Waals surface area contributed by atoms with Crippen LogP contribution in [0.25, 0.3) is 35.5 Å². The largest absolute Gasteiger partial charge is 0.477 e. The molecule has 0 amide bonds. The predicted molar refractivity (Wildman–Crippen MR) is 202 cm³/mol. The van der Waals surface area contributed by atoms with Gasteiger partial charge in [0.05, 0.1) is 33.1 Å². The van der Waals surface area contributed by atoms with Crippen molar-refractivity contribution in [2.24, 2.45) is 0 Å². The third kappa shape index (κ3) is 9.43. The van der Waals surface area contributed by atoms with E-state index in [0.29, 0.717) is 22.3 Å². The van der Waals surface area contributed by atoms with Gasteiger partial charge >= 0.3 is 5.97 Å². The van der Waals surface area contributed by atoms with Gasteiger partial charge < -0.3 is 9.84 Å². The van der Waals surface area contributed by atoms with Gasteiger partial charge in [-0.1, -0.05) is 60.7 Å². The normalized spacial score (nSPS) is 12.9. The van der Waals surface area contributed by atoms with Crippen LogP contribution < -0.4 is 0 Å². The van der Waals surface area contributed by atoms with Gasteiger partial charge in [-0.25, -0.2) is 4.79 Å². The quantitative estimate of drug-likeness (QED) is 0.0513. The fourth-order valence-corrected chi connectivity index (χ4v) is 5.07. The molecule has 1 aliphatic heterocycles. The SMILES string of the molecule is N#CC(C(=O)O)=C1C=C(/C=C/c2ccc(/C=C(\C#N)c3ccc([N+](=O)[O-])cc3)cc2)OC(/C=C/c2ccc(/C=C(\C#N)c3ccc([N+](=O)[O-])cc3)cc2)=C1. The minimum absolute atomic E-state index is 0.0758. The van der Waals surface area contributed by atoms with Crippen LogP contribution in [0.4, 0.5) is 11.4 Å². The Balaban J connectivity index is 1.32. The van der Waals surface area contributed by atoms with E-state index in [1.54, 1.807) is 91.1 Å². The number of benzene rings is 4. The molecule has 0 fully saturated rings. The number of aliphatic carboxylic acids is 1. The molecule has 0 saturated heterocycles. The van der Waals surface area contributed by atoms with Crippen molar-refractivity contribution in [2.75, 3.05) is 0 Å². The number of hydrogen-bond acceptors (Lipinski definition) is 9. The van der Waals surface area contributed by atoms with Gasteiger partial charge in [0.15, 0.2) is 0 Å². The van der Waals surface area contributed by atoms with E-state index in [0.717, 1.165) is 22.3 Å². The second-order valence-electron chi connectivity index (χ2n) is 11.4. The van der Waals surface area contributed by atoms with Crippen molar-refractivity contribution in [3.63, 3.8) is 0 Å². The van der Waals surface area contributed by atoms with E-state index >= 15 is 0 Å². The van der Waals surface area contributed by atoms with Gasteiger partial charge in [0.1, 0.15) is 23.2 Å². The molecule has 260 valence electrons. The maximum Gasteiger partial charge on any atom is 0.347 e. The summed E-state index contributed by atoms with van der Waals surface area (Å²) in [6.07, 6.45) is 12.9. The molecule has 0 bridgehead atoms. The Hall–Kier alpha value is -8.40. The lowest BCUT2D eigenvalue weighted by Crippen LogP contribution is -2.05. The topological polar surface area (TPSA) is 204 Å². The minimum atomic E-state index is -1.39. The highest BCUT2D eigenvalue weighted by atomic mass is 16.6. The lowest BCUT2D eigenvalue weighted by Gasteiger charge is -2.14. The van der Waals surface area contributed by atoms with Gasteiger partial charge in [-0.15, -0.1) is 0 Å². The zero-order valence-electron chi connectivity index (χ0n) is 28.0. The summed E-state index contributed by atoms with van der Waals surface area (Å²) in [5, 5.41) is 60.4. The Morgan fingerprint density at radius 2 is 0.944 bits per heavy atom. The maximum atomic E-state index is 11.8. The summed E-state index contributed by atoms with van der Waals surface area (Å²) in [7, 11) is 0. The van der Waals surface area contributed by atoms with Crippen LogP contribution in [0, 0.1) is 54.2 Å². The molecule has 1 N–H and O–H groups in total. The molecule has 1 aliphatic rings. The van der Waals surface area contributed by atoms with Crippen LogP contribution >= 0.6 is 0 Å². The van der Waals surface area contributed by atoms with Gasteiger partial charge in [0.2, 0.25) is 0 Å². The highest BCUT2D eigenvalue weighted by molar-refractivity contribution is 5.94. The third-order valence-corrected chi connectivity index (χ3v) is 7.84. The second-order valence-corrected chi connectivity index (χ2v) is 11.4. The average molecular weight is 712 g/mol. The predicted octanol–water partition coefficient (Wildman–Crippen LogP) is 9.06. The van der Waals surface area contributed by atoms with E-state index in [1.165, 1.54) is 60.7 Å². The van der Waals surface area contributed by atoms with E-state index in [2.05, 4.69) is 12.1 Å². The Morgan fingerprint density at radius 3 is 1.26 bits per heavy atom. The molecule has 0 saturated carbocycles. The first-order valence-corrected chi connectivity index (χ1v) is 15.9. The molecular formula is C42H25N5O7. The van der Waals surface area contributed by atoms with Gasteiger partial charge in [0.25, 0.3) is 11.4 Å². The number of nitriles is 3. The summed E-state index contributed by atoms with van der Waals surface area (Å²) in [6.45, 7) is 0. The van der Waals surface area contributed by atoms with Gasteiger partial charge in [0, 0.05) is 29.8 Å². The first kappa shape index (κ1) is 36.9. The van der Waals surface area contributed by atoms with Crippen molar-refractivity contribution in [2.45, 2.75) is 0 Å². The lowest BCUT2D eigenvalue weighted by atomic mass is 10.0. The van der Waals surface area contributed by atoms with Crippen LogP contribution in [0.1, 0.15) is 33.4 Å². The Morgan fingerprint density at radius 1 is 0.574 bits per heavy atom. The number of hydrogen-bond donors (Lipinski definition) is 1. The number of ether oxygens (including phenoxy) is 1. The molecule has 0 aliphatic carbocycles. The smallest absolute Gasteiger partial charge is 0.347 e. The van der Waals surface area contributed by atoms with E-state index in [4.69, 9.17) is 4.74 Å². The number of allylic oxidation sites excluding steroid dienone is 7. The van der Waals surface area contributed by atoms with E-state index in [9.17, 15) is 45.9 Å². The number of nitro groups is 2. The Kier molecular flexibility index (Phi) is 11.6. The van der Waals surface area contributed by atoms with Gasteiger partial charge in [-0.3, -0.25) is 20.2 Å². The van der Waals surface area contributed by atoms with E-state index < -0.39 is 21.4 Å². The number of carboxylic acids is 1. The first-order valence-electron chi connectivity index (χ1n) is 15.9. The van der Waals surface area contributed by atoms with Gasteiger partial charge in [-0.2, -0.15) is 15.8 Å². The Labute approximate surface area is 308 Å². The molecule has 12 nitrogen and oxygen atoms in total. The van der Waals surface area contributed by atoms with E-state index in [-0.39, 0.29) is 28.5 Å². The fraction of sp³-hybridized carbons (Fsp3) is 0. The summed E-state index contributed by atoms with van der Waals surface area (Å²) >= 11 is 0. The highest BCUT2D eigenvalue weighted by Crippen LogP contribution is 2.27. The van der Waals surface area contributed by atoms with Crippen molar-refractivity contribution in [1.29, 1.82) is 15.8 Å². The molecule has 1 heterocycles. The number of nitrogens with zero attached hydrogens (tertiary/aromatic N) is 5. The maximum absolute atomic E-state index is 11.8. The van der Waals surface area contributed by atoms with Gasteiger partial charge in [-0.05, 0) is 94.1 Å². The van der Waals surface area contributed by atoms with Crippen molar-refractivity contribution in [3.05, 3.63) is 198 Å². The second kappa shape index (κ2) is 17.0. The third-order valence-electron chi connectivity index (χ3n) is 7.84. The minimum Gasteiger partial charge on any atom is -0.477 e. The van der Waals surface area contributed by atoms with Crippen molar-refractivity contribution >= 4 is 52.8 Å². The average Bonchev–Trinajstić information content (AvgIpc) is 3.18. The van der Waals surface area contributed by atoms with Crippen LogP contribution in [-0.2, 0) is 9.53 Å². The molecule has 0 unspecified atom stereocenters. The molecule has 0 radical (unpaired) electrons. The summed E-state index contributed by atoms with van der Waals surface area (Å²) in [5.41, 5.74) is 4.19. The zero-order chi connectivity index (χ0) is 38.6. The number of carbonyl (C=O) groups is 1.